The SMILES string of the molecule is CCc1ccc(-c2noc(COC(=O)COc3c(C)cccc3C)n2)cc1. The molecule has 0 amide bonds. The highest BCUT2D eigenvalue weighted by Crippen LogP contribution is 2.22. The van der Waals surface area contributed by atoms with Crippen LogP contribution in [0, 0.1) is 13.8 Å². The molecule has 0 atom stereocenters. The van der Waals surface area contributed by atoms with Crippen molar-refractivity contribution in [3.8, 4) is 17.1 Å². The molecule has 0 aliphatic rings. The van der Waals surface area contributed by atoms with Gasteiger partial charge in [0.15, 0.2) is 13.2 Å². The summed E-state index contributed by atoms with van der Waals surface area (Å²) in [7, 11) is 0. The Labute approximate surface area is 158 Å². The minimum Gasteiger partial charge on any atom is -0.481 e. The summed E-state index contributed by atoms with van der Waals surface area (Å²) in [6, 6.07) is 13.7. The van der Waals surface area contributed by atoms with Crippen molar-refractivity contribution in [3.05, 3.63) is 65.0 Å². The minimum atomic E-state index is -0.496. The van der Waals surface area contributed by atoms with E-state index in [4.69, 9.17) is 14.0 Å². The van der Waals surface area contributed by atoms with Crippen LogP contribution < -0.4 is 4.74 Å². The molecule has 1 heterocycles. The molecule has 0 spiro atoms. The van der Waals surface area contributed by atoms with Crippen LogP contribution in [-0.4, -0.2) is 22.7 Å². The molecule has 6 nitrogen and oxygen atoms in total. The van der Waals surface area contributed by atoms with E-state index in [1.54, 1.807) is 0 Å². The normalized spacial score (nSPS) is 10.6. The molecule has 0 aliphatic carbocycles. The van der Waals surface area contributed by atoms with E-state index in [0.29, 0.717) is 11.6 Å². The summed E-state index contributed by atoms with van der Waals surface area (Å²) in [5.41, 5.74) is 4.03. The predicted molar refractivity (Wildman–Crippen MR) is 100 cm³/mol. The van der Waals surface area contributed by atoms with Gasteiger partial charge in [0.2, 0.25) is 5.82 Å². The number of rotatable bonds is 7. The number of hydrogen-bond donors (Lipinski definition) is 0. The van der Waals surface area contributed by atoms with Crippen LogP contribution in [-0.2, 0) is 22.6 Å². The summed E-state index contributed by atoms with van der Waals surface area (Å²) in [5, 5.41) is 3.93. The first-order chi connectivity index (χ1) is 13.1. The summed E-state index contributed by atoms with van der Waals surface area (Å²) in [6.07, 6.45) is 0.970. The summed E-state index contributed by atoms with van der Waals surface area (Å²) < 4.78 is 15.9. The number of aromatic nitrogens is 2. The van der Waals surface area contributed by atoms with E-state index < -0.39 is 5.97 Å². The third-order valence-corrected chi connectivity index (χ3v) is 4.19. The van der Waals surface area contributed by atoms with Gasteiger partial charge in [-0.3, -0.25) is 0 Å². The van der Waals surface area contributed by atoms with E-state index >= 15 is 0 Å². The van der Waals surface area contributed by atoms with E-state index in [-0.39, 0.29) is 19.1 Å². The number of para-hydroxylation sites is 1. The standard InChI is InChI=1S/C21H22N2O4/c1-4-16-8-10-17(11-9-16)21-22-18(27-23-21)12-25-19(24)13-26-20-14(2)6-5-7-15(20)3/h5-11H,4,12-13H2,1-3H3. The predicted octanol–water partition coefficient (Wildman–Crippen LogP) is 4.04. The number of nitrogens with zero attached hydrogens (tertiary/aromatic N) is 2. The second-order valence-electron chi connectivity index (χ2n) is 6.23. The van der Waals surface area contributed by atoms with Gasteiger partial charge in [-0.25, -0.2) is 4.79 Å². The maximum absolute atomic E-state index is 11.9. The van der Waals surface area contributed by atoms with Crippen LogP contribution in [0.4, 0.5) is 0 Å². The average molecular weight is 366 g/mol. The highest BCUT2D eigenvalue weighted by atomic mass is 16.6. The lowest BCUT2D eigenvalue weighted by Gasteiger charge is -2.10. The Morgan fingerprint density at radius 1 is 1.07 bits per heavy atom. The van der Waals surface area contributed by atoms with Crippen molar-refractivity contribution in [3.63, 3.8) is 0 Å². The third kappa shape index (κ3) is 4.73. The van der Waals surface area contributed by atoms with E-state index in [2.05, 4.69) is 17.1 Å². The Bertz CT molecular complexity index is 896. The first-order valence-electron chi connectivity index (χ1n) is 8.83. The summed E-state index contributed by atoms with van der Waals surface area (Å²) in [5.74, 6) is 0.912. The summed E-state index contributed by atoms with van der Waals surface area (Å²) in [4.78, 5) is 16.2. The van der Waals surface area contributed by atoms with E-state index in [0.717, 1.165) is 23.1 Å². The van der Waals surface area contributed by atoms with Gasteiger partial charge in [-0.15, -0.1) is 0 Å². The van der Waals surface area contributed by atoms with Crippen LogP contribution in [0.1, 0.15) is 29.5 Å². The molecule has 0 radical (unpaired) electrons. The molecule has 0 unspecified atom stereocenters. The van der Waals surface area contributed by atoms with Crippen molar-refractivity contribution in [1.82, 2.24) is 10.1 Å². The first-order valence-corrected chi connectivity index (χ1v) is 8.83. The zero-order valence-electron chi connectivity index (χ0n) is 15.7. The lowest BCUT2D eigenvalue weighted by molar-refractivity contribution is -0.148. The molecule has 1 aromatic heterocycles. The molecule has 0 saturated carbocycles. The quantitative estimate of drug-likeness (QED) is 0.588. The molecule has 27 heavy (non-hydrogen) atoms. The number of carbonyl (C=O) groups excluding carboxylic acids is 1. The number of esters is 1. The minimum absolute atomic E-state index is 0.0883. The first kappa shape index (κ1) is 18.6. The number of hydrogen-bond acceptors (Lipinski definition) is 6. The highest BCUT2D eigenvalue weighted by Gasteiger charge is 2.12. The molecule has 0 saturated heterocycles. The van der Waals surface area contributed by atoms with Gasteiger partial charge in [0.05, 0.1) is 0 Å². The largest absolute Gasteiger partial charge is 0.481 e. The zero-order chi connectivity index (χ0) is 19.2. The van der Waals surface area contributed by atoms with E-state index in [9.17, 15) is 4.79 Å². The van der Waals surface area contributed by atoms with Gasteiger partial charge in [-0.05, 0) is 37.0 Å². The molecular weight excluding hydrogens is 344 g/mol. The van der Waals surface area contributed by atoms with Crippen LogP contribution in [0.3, 0.4) is 0 Å². The second kappa shape index (κ2) is 8.49. The van der Waals surface area contributed by atoms with Crippen LogP contribution in [0.2, 0.25) is 0 Å². The van der Waals surface area contributed by atoms with Crippen molar-refractivity contribution >= 4 is 5.97 Å². The van der Waals surface area contributed by atoms with Gasteiger partial charge in [0, 0.05) is 5.56 Å². The average Bonchev–Trinajstić information content (AvgIpc) is 3.15. The molecule has 140 valence electrons. The molecule has 2 aromatic carbocycles. The van der Waals surface area contributed by atoms with Gasteiger partial charge in [0.1, 0.15) is 5.75 Å². The van der Waals surface area contributed by atoms with Crippen molar-refractivity contribution in [2.75, 3.05) is 6.61 Å². The number of carbonyl (C=O) groups is 1. The highest BCUT2D eigenvalue weighted by molar-refractivity contribution is 5.71. The number of aryl methyl sites for hydroxylation is 3. The van der Waals surface area contributed by atoms with Crippen LogP contribution in [0.5, 0.6) is 5.75 Å². The molecule has 0 N–H and O–H groups in total. The van der Waals surface area contributed by atoms with Crippen molar-refractivity contribution < 1.29 is 18.8 Å². The molecule has 3 aromatic rings. The number of benzene rings is 2. The van der Waals surface area contributed by atoms with E-state index in [1.807, 2.05) is 56.3 Å². The van der Waals surface area contributed by atoms with E-state index in [1.165, 1.54) is 5.56 Å². The Kier molecular flexibility index (Phi) is 5.86. The molecular formula is C21H22N2O4. The van der Waals surface area contributed by atoms with Gasteiger partial charge in [-0.1, -0.05) is 54.5 Å². The molecule has 0 fully saturated rings. The third-order valence-electron chi connectivity index (χ3n) is 4.19. The maximum Gasteiger partial charge on any atom is 0.344 e. The molecule has 6 heteroatoms. The fourth-order valence-corrected chi connectivity index (χ4v) is 2.66. The van der Waals surface area contributed by atoms with Crippen LogP contribution in [0.15, 0.2) is 47.0 Å². The Balaban J connectivity index is 1.52. The lowest BCUT2D eigenvalue weighted by atomic mass is 10.1. The smallest absolute Gasteiger partial charge is 0.344 e. The van der Waals surface area contributed by atoms with Crippen LogP contribution in [0.25, 0.3) is 11.4 Å². The monoisotopic (exact) mass is 366 g/mol. The molecule has 3 rings (SSSR count). The van der Waals surface area contributed by atoms with Gasteiger partial charge >= 0.3 is 5.97 Å². The van der Waals surface area contributed by atoms with Gasteiger partial charge in [0.25, 0.3) is 5.89 Å². The number of ether oxygens (including phenoxy) is 2. The fraction of sp³-hybridized carbons (Fsp3) is 0.286. The fourth-order valence-electron chi connectivity index (χ4n) is 2.66. The zero-order valence-corrected chi connectivity index (χ0v) is 15.7. The Morgan fingerprint density at radius 3 is 2.44 bits per heavy atom. The van der Waals surface area contributed by atoms with Gasteiger partial charge < -0.3 is 14.0 Å². The van der Waals surface area contributed by atoms with Gasteiger partial charge in [-0.2, -0.15) is 4.98 Å². The molecule has 0 aliphatic heterocycles. The lowest BCUT2D eigenvalue weighted by Crippen LogP contribution is -2.15. The topological polar surface area (TPSA) is 74.5 Å². The van der Waals surface area contributed by atoms with Crippen molar-refractivity contribution in [1.29, 1.82) is 0 Å². The Hall–Kier alpha value is -3.15. The second-order valence-corrected chi connectivity index (χ2v) is 6.23. The van der Waals surface area contributed by atoms with Crippen molar-refractivity contribution in [2.24, 2.45) is 0 Å². The molecule has 0 bridgehead atoms. The summed E-state index contributed by atoms with van der Waals surface area (Å²) >= 11 is 0. The van der Waals surface area contributed by atoms with Crippen LogP contribution >= 0.6 is 0 Å². The maximum atomic E-state index is 11.9. The van der Waals surface area contributed by atoms with Crippen molar-refractivity contribution in [2.45, 2.75) is 33.8 Å². The Morgan fingerprint density at radius 2 is 1.78 bits per heavy atom. The summed E-state index contributed by atoms with van der Waals surface area (Å²) in [6.45, 7) is 5.70.